The Morgan fingerprint density at radius 2 is 2.19 bits per heavy atom. The van der Waals surface area contributed by atoms with Crippen molar-refractivity contribution >= 4 is 0 Å². The van der Waals surface area contributed by atoms with Crippen LogP contribution in [0.15, 0.2) is 18.3 Å². The summed E-state index contributed by atoms with van der Waals surface area (Å²) in [6.45, 7) is 5.06. The summed E-state index contributed by atoms with van der Waals surface area (Å²) < 4.78 is 5.54. The molecule has 0 aliphatic heterocycles. The number of nitrogens with one attached hydrogen (secondary N) is 1. The molecule has 0 fully saturated rings. The van der Waals surface area contributed by atoms with Crippen LogP contribution in [0.4, 0.5) is 0 Å². The van der Waals surface area contributed by atoms with Crippen molar-refractivity contribution in [2.24, 2.45) is 0 Å². The highest BCUT2D eigenvalue weighted by atomic mass is 16.5. The van der Waals surface area contributed by atoms with Gasteiger partial charge < -0.3 is 10.1 Å². The van der Waals surface area contributed by atoms with Crippen molar-refractivity contribution in [3.05, 3.63) is 23.9 Å². The molecule has 0 saturated heterocycles. The van der Waals surface area contributed by atoms with Crippen LogP contribution in [0.5, 0.6) is 5.88 Å². The SMILES string of the molecule is CCCCCOc1ccc(C(C)NC)cn1. The molecule has 0 bridgehead atoms. The van der Waals surface area contributed by atoms with Crippen LogP contribution in [-0.2, 0) is 0 Å². The Bertz CT molecular complexity index is 284. The Hall–Kier alpha value is -1.09. The van der Waals surface area contributed by atoms with Gasteiger partial charge in [0.15, 0.2) is 0 Å². The van der Waals surface area contributed by atoms with Gasteiger partial charge >= 0.3 is 0 Å². The van der Waals surface area contributed by atoms with Gasteiger partial charge in [-0.15, -0.1) is 0 Å². The summed E-state index contributed by atoms with van der Waals surface area (Å²) in [5.41, 5.74) is 1.18. The largest absolute Gasteiger partial charge is 0.478 e. The fraction of sp³-hybridized carbons (Fsp3) is 0.615. The second-order valence-corrected chi connectivity index (χ2v) is 4.00. The van der Waals surface area contributed by atoms with Gasteiger partial charge in [0, 0.05) is 18.3 Å². The molecule has 0 aliphatic carbocycles. The van der Waals surface area contributed by atoms with Crippen LogP contribution in [0, 0.1) is 0 Å². The lowest BCUT2D eigenvalue weighted by Crippen LogP contribution is -2.12. The predicted octanol–water partition coefficient (Wildman–Crippen LogP) is 2.93. The van der Waals surface area contributed by atoms with E-state index in [-0.39, 0.29) is 0 Å². The molecule has 1 heterocycles. The average molecular weight is 222 g/mol. The Morgan fingerprint density at radius 3 is 2.75 bits per heavy atom. The van der Waals surface area contributed by atoms with E-state index >= 15 is 0 Å². The smallest absolute Gasteiger partial charge is 0.213 e. The minimum Gasteiger partial charge on any atom is -0.478 e. The third kappa shape index (κ3) is 4.19. The number of aromatic nitrogens is 1. The summed E-state index contributed by atoms with van der Waals surface area (Å²) in [5, 5.41) is 3.18. The highest BCUT2D eigenvalue weighted by Gasteiger charge is 2.02. The van der Waals surface area contributed by atoms with E-state index in [1.165, 1.54) is 18.4 Å². The van der Waals surface area contributed by atoms with E-state index in [2.05, 4.69) is 30.2 Å². The van der Waals surface area contributed by atoms with E-state index in [4.69, 9.17) is 4.74 Å². The monoisotopic (exact) mass is 222 g/mol. The van der Waals surface area contributed by atoms with Gasteiger partial charge in [0.1, 0.15) is 0 Å². The third-order valence-corrected chi connectivity index (χ3v) is 2.69. The molecule has 90 valence electrons. The van der Waals surface area contributed by atoms with E-state index in [9.17, 15) is 0 Å². The maximum atomic E-state index is 5.54. The number of unbranched alkanes of at least 4 members (excludes halogenated alkanes) is 2. The summed E-state index contributed by atoms with van der Waals surface area (Å²) in [6.07, 6.45) is 5.41. The Balaban J connectivity index is 2.39. The second kappa shape index (κ2) is 7.23. The number of hydrogen-bond acceptors (Lipinski definition) is 3. The highest BCUT2D eigenvalue weighted by Crippen LogP contribution is 2.14. The summed E-state index contributed by atoms with van der Waals surface area (Å²) in [6, 6.07) is 4.33. The first kappa shape index (κ1) is 13.0. The van der Waals surface area contributed by atoms with Gasteiger partial charge in [-0.1, -0.05) is 25.8 Å². The number of nitrogens with zero attached hydrogens (tertiary/aromatic N) is 1. The summed E-state index contributed by atoms with van der Waals surface area (Å²) in [4.78, 5) is 4.28. The molecule has 1 unspecified atom stereocenters. The highest BCUT2D eigenvalue weighted by molar-refractivity contribution is 5.20. The first-order valence-electron chi connectivity index (χ1n) is 6.04. The van der Waals surface area contributed by atoms with Crippen molar-refractivity contribution in [1.29, 1.82) is 0 Å². The first-order valence-corrected chi connectivity index (χ1v) is 6.04. The average Bonchev–Trinajstić information content (AvgIpc) is 2.34. The summed E-state index contributed by atoms with van der Waals surface area (Å²) in [7, 11) is 1.94. The van der Waals surface area contributed by atoms with Crippen molar-refractivity contribution < 1.29 is 4.74 Å². The van der Waals surface area contributed by atoms with Gasteiger partial charge in [-0.25, -0.2) is 4.98 Å². The Kier molecular flexibility index (Phi) is 5.86. The van der Waals surface area contributed by atoms with Gasteiger partial charge in [-0.05, 0) is 26.0 Å². The molecule has 0 amide bonds. The molecular weight excluding hydrogens is 200 g/mol. The lowest BCUT2D eigenvalue weighted by atomic mass is 10.1. The normalized spacial score (nSPS) is 12.4. The third-order valence-electron chi connectivity index (χ3n) is 2.69. The molecule has 1 N–H and O–H groups in total. The molecule has 0 spiro atoms. The van der Waals surface area contributed by atoms with Crippen LogP contribution in [0.25, 0.3) is 0 Å². The maximum Gasteiger partial charge on any atom is 0.213 e. The molecule has 0 aliphatic rings. The minimum atomic E-state index is 0.335. The summed E-state index contributed by atoms with van der Waals surface area (Å²) in [5.74, 6) is 0.725. The standard InChI is InChI=1S/C13H22N2O/c1-4-5-6-9-16-13-8-7-12(10-15-13)11(2)14-3/h7-8,10-11,14H,4-6,9H2,1-3H3. The maximum absolute atomic E-state index is 5.54. The lowest BCUT2D eigenvalue weighted by molar-refractivity contribution is 0.294. The number of hydrogen-bond donors (Lipinski definition) is 1. The van der Waals surface area contributed by atoms with Crippen molar-refractivity contribution in [3.8, 4) is 5.88 Å². The van der Waals surface area contributed by atoms with Crippen molar-refractivity contribution in [2.45, 2.75) is 39.2 Å². The van der Waals surface area contributed by atoms with Gasteiger partial charge in [0.25, 0.3) is 0 Å². The Morgan fingerprint density at radius 1 is 1.38 bits per heavy atom. The van der Waals surface area contributed by atoms with Crippen LogP contribution < -0.4 is 10.1 Å². The number of ether oxygens (including phenoxy) is 1. The van der Waals surface area contributed by atoms with Crippen LogP contribution in [0.2, 0.25) is 0 Å². The number of rotatable bonds is 7. The van der Waals surface area contributed by atoms with Crippen molar-refractivity contribution in [1.82, 2.24) is 10.3 Å². The van der Waals surface area contributed by atoms with Gasteiger partial charge in [-0.3, -0.25) is 0 Å². The molecule has 3 heteroatoms. The molecule has 0 saturated carbocycles. The van der Waals surface area contributed by atoms with Gasteiger partial charge in [-0.2, -0.15) is 0 Å². The minimum absolute atomic E-state index is 0.335. The van der Waals surface area contributed by atoms with E-state index < -0.39 is 0 Å². The molecule has 0 radical (unpaired) electrons. The fourth-order valence-corrected chi connectivity index (χ4v) is 1.43. The van der Waals surface area contributed by atoms with Gasteiger partial charge in [0.05, 0.1) is 6.61 Å². The van der Waals surface area contributed by atoms with E-state index in [0.717, 1.165) is 18.9 Å². The zero-order chi connectivity index (χ0) is 11.8. The van der Waals surface area contributed by atoms with Crippen molar-refractivity contribution in [2.75, 3.05) is 13.7 Å². The quantitative estimate of drug-likeness (QED) is 0.720. The molecule has 1 aromatic heterocycles. The van der Waals surface area contributed by atoms with E-state index in [1.807, 2.05) is 19.3 Å². The molecule has 0 aromatic carbocycles. The lowest BCUT2D eigenvalue weighted by Gasteiger charge is -2.10. The summed E-state index contributed by atoms with van der Waals surface area (Å²) >= 11 is 0. The molecule has 1 atom stereocenters. The van der Waals surface area contributed by atoms with E-state index in [1.54, 1.807) is 0 Å². The van der Waals surface area contributed by atoms with E-state index in [0.29, 0.717) is 6.04 Å². The van der Waals surface area contributed by atoms with Gasteiger partial charge in [0.2, 0.25) is 5.88 Å². The van der Waals surface area contributed by atoms with Crippen LogP contribution >= 0.6 is 0 Å². The predicted molar refractivity (Wildman–Crippen MR) is 66.7 cm³/mol. The number of pyridine rings is 1. The molecule has 1 aromatic rings. The van der Waals surface area contributed by atoms with Crippen molar-refractivity contribution in [3.63, 3.8) is 0 Å². The second-order valence-electron chi connectivity index (χ2n) is 4.00. The molecule has 3 nitrogen and oxygen atoms in total. The zero-order valence-corrected chi connectivity index (χ0v) is 10.5. The topological polar surface area (TPSA) is 34.1 Å². The van der Waals surface area contributed by atoms with Crippen LogP contribution in [0.3, 0.4) is 0 Å². The van der Waals surface area contributed by atoms with Crippen LogP contribution in [-0.4, -0.2) is 18.6 Å². The first-order chi connectivity index (χ1) is 7.77. The molecular formula is C13H22N2O. The zero-order valence-electron chi connectivity index (χ0n) is 10.5. The fourth-order valence-electron chi connectivity index (χ4n) is 1.43. The molecule has 16 heavy (non-hydrogen) atoms. The van der Waals surface area contributed by atoms with Crippen LogP contribution in [0.1, 0.15) is 44.7 Å². The molecule has 1 rings (SSSR count). The Labute approximate surface area is 98.2 Å².